The molecule has 0 saturated carbocycles. The molecule has 4 nitrogen and oxygen atoms in total. The zero-order valence-electron chi connectivity index (χ0n) is 12.0. The van der Waals surface area contributed by atoms with Gasteiger partial charge in [0.05, 0.1) is 6.42 Å². The normalized spacial score (nSPS) is 22.7. The van der Waals surface area contributed by atoms with E-state index >= 15 is 0 Å². The Morgan fingerprint density at radius 2 is 1.95 bits per heavy atom. The van der Waals surface area contributed by atoms with Crippen molar-refractivity contribution >= 4 is 5.91 Å². The molecule has 0 aliphatic carbocycles. The van der Waals surface area contributed by atoms with Crippen LogP contribution in [0.5, 0.6) is 0 Å². The summed E-state index contributed by atoms with van der Waals surface area (Å²) in [5.41, 5.74) is 0.972. The fraction of sp³-hybridized carbons (Fsp3) is 0.533. The third-order valence-corrected chi connectivity index (χ3v) is 3.82. The fourth-order valence-corrected chi connectivity index (χ4v) is 2.79. The number of rotatable bonds is 5. The molecular formula is C15H19F3N2O2. The number of likely N-dealkylation sites (tertiary alicyclic amines) is 1. The van der Waals surface area contributed by atoms with E-state index < -0.39 is 25.1 Å². The zero-order valence-corrected chi connectivity index (χ0v) is 12.0. The summed E-state index contributed by atoms with van der Waals surface area (Å²) in [5, 5.41) is 11.5. The molecule has 0 spiro atoms. The summed E-state index contributed by atoms with van der Waals surface area (Å²) < 4.78 is 37.1. The third-order valence-electron chi connectivity index (χ3n) is 3.82. The highest BCUT2D eigenvalue weighted by atomic mass is 19.4. The predicted molar refractivity (Wildman–Crippen MR) is 75.3 cm³/mol. The van der Waals surface area contributed by atoms with E-state index in [1.165, 1.54) is 0 Å². The number of hydrogen-bond acceptors (Lipinski definition) is 3. The number of alkyl halides is 3. The Morgan fingerprint density at radius 1 is 1.27 bits per heavy atom. The van der Waals surface area contributed by atoms with E-state index in [9.17, 15) is 18.0 Å². The summed E-state index contributed by atoms with van der Waals surface area (Å²) in [6.45, 7) is 0.0940. The Hall–Kier alpha value is -1.60. The van der Waals surface area contributed by atoms with Gasteiger partial charge in [-0.2, -0.15) is 13.2 Å². The van der Waals surface area contributed by atoms with Gasteiger partial charge >= 0.3 is 6.18 Å². The number of nitrogens with zero attached hydrogens (tertiary/aromatic N) is 1. The first kappa shape index (κ1) is 16.8. The molecule has 1 aromatic rings. The summed E-state index contributed by atoms with van der Waals surface area (Å²) in [4.78, 5) is 13.1. The van der Waals surface area contributed by atoms with Crippen molar-refractivity contribution in [3.8, 4) is 0 Å². The highest BCUT2D eigenvalue weighted by Gasteiger charge is 2.36. The second-order valence-corrected chi connectivity index (χ2v) is 5.47. The minimum Gasteiger partial charge on any atom is -0.387 e. The number of halogens is 3. The van der Waals surface area contributed by atoms with Crippen molar-refractivity contribution in [2.24, 2.45) is 0 Å². The number of amides is 1. The molecule has 1 aliphatic rings. The van der Waals surface area contributed by atoms with Gasteiger partial charge in [0.25, 0.3) is 0 Å². The number of aliphatic hydroxyl groups is 1. The molecule has 1 aliphatic heterocycles. The second-order valence-electron chi connectivity index (χ2n) is 5.47. The number of hydrogen-bond donors (Lipinski definition) is 2. The number of nitrogens with one attached hydrogen (secondary N) is 1. The molecule has 1 saturated heterocycles. The van der Waals surface area contributed by atoms with E-state index in [4.69, 9.17) is 5.11 Å². The highest BCUT2D eigenvalue weighted by molar-refractivity contribution is 5.77. The molecule has 2 N–H and O–H groups in total. The van der Waals surface area contributed by atoms with Crippen molar-refractivity contribution < 1.29 is 23.1 Å². The molecule has 0 unspecified atom stereocenters. The standard InChI is InChI=1S/C15H19F3N2O2/c16-15(17,18)6-7-20-8-12(11-4-2-1-3-5-11)13(9-20)19-14(22)10-21/h1-5,12-13,21H,6-10H2,(H,19,22)/t12-,13+/m0/s1. The molecule has 0 aromatic heterocycles. The van der Waals surface area contributed by atoms with Crippen LogP contribution in [0.1, 0.15) is 17.9 Å². The molecule has 1 heterocycles. The SMILES string of the molecule is O=C(CO)N[C@@H]1CN(CCC(F)(F)F)C[C@H]1c1ccccc1. The topological polar surface area (TPSA) is 52.6 Å². The summed E-state index contributed by atoms with van der Waals surface area (Å²) in [6, 6.07) is 9.08. The Labute approximate surface area is 126 Å². The van der Waals surface area contributed by atoms with E-state index in [1.54, 1.807) is 4.90 Å². The van der Waals surface area contributed by atoms with Crippen LogP contribution in [-0.2, 0) is 4.79 Å². The van der Waals surface area contributed by atoms with Gasteiger partial charge in [0.2, 0.25) is 5.91 Å². The van der Waals surface area contributed by atoms with Gasteiger partial charge in [0, 0.05) is 31.6 Å². The van der Waals surface area contributed by atoms with Crippen LogP contribution in [0.2, 0.25) is 0 Å². The van der Waals surface area contributed by atoms with Crippen LogP contribution in [0.4, 0.5) is 13.2 Å². The first-order valence-electron chi connectivity index (χ1n) is 7.13. The molecule has 122 valence electrons. The van der Waals surface area contributed by atoms with Gasteiger partial charge in [-0.15, -0.1) is 0 Å². The van der Waals surface area contributed by atoms with Crippen molar-refractivity contribution in [2.45, 2.75) is 24.6 Å². The van der Waals surface area contributed by atoms with Crippen molar-refractivity contribution in [3.05, 3.63) is 35.9 Å². The lowest BCUT2D eigenvalue weighted by Gasteiger charge is -2.19. The van der Waals surface area contributed by atoms with Gasteiger partial charge in [0.15, 0.2) is 0 Å². The average molecular weight is 316 g/mol. The van der Waals surface area contributed by atoms with E-state index in [2.05, 4.69) is 5.32 Å². The molecule has 2 atom stereocenters. The lowest BCUT2D eigenvalue weighted by molar-refractivity contribution is -0.137. The summed E-state index contributed by atoms with van der Waals surface area (Å²) in [5.74, 6) is -0.589. The molecule has 22 heavy (non-hydrogen) atoms. The van der Waals surface area contributed by atoms with Crippen molar-refractivity contribution in [2.75, 3.05) is 26.2 Å². The summed E-state index contributed by atoms with van der Waals surface area (Å²) >= 11 is 0. The lowest BCUT2D eigenvalue weighted by atomic mass is 9.94. The van der Waals surface area contributed by atoms with Crippen LogP contribution in [-0.4, -0.2) is 54.4 Å². The zero-order chi connectivity index (χ0) is 16.2. The Morgan fingerprint density at radius 3 is 2.55 bits per heavy atom. The summed E-state index contributed by atoms with van der Waals surface area (Å²) in [6.07, 6.45) is -5.05. The Balaban J connectivity index is 2.05. The molecule has 0 radical (unpaired) electrons. The highest BCUT2D eigenvalue weighted by Crippen LogP contribution is 2.29. The number of carbonyl (C=O) groups excluding carboxylic acids is 1. The predicted octanol–water partition coefficient (Wildman–Crippen LogP) is 1.52. The van der Waals surface area contributed by atoms with Crippen molar-refractivity contribution in [1.29, 1.82) is 0 Å². The number of carbonyl (C=O) groups is 1. The van der Waals surface area contributed by atoms with Gasteiger partial charge < -0.3 is 15.3 Å². The van der Waals surface area contributed by atoms with Crippen LogP contribution < -0.4 is 5.32 Å². The van der Waals surface area contributed by atoms with Crippen molar-refractivity contribution in [3.63, 3.8) is 0 Å². The van der Waals surface area contributed by atoms with Crippen LogP contribution in [0.15, 0.2) is 30.3 Å². The number of aliphatic hydroxyl groups excluding tert-OH is 1. The molecular weight excluding hydrogens is 297 g/mol. The third kappa shape index (κ3) is 4.71. The smallest absolute Gasteiger partial charge is 0.387 e. The van der Waals surface area contributed by atoms with Gasteiger partial charge in [0.1, 0.15) is 6.61 Å². The van der Waals surface area contributed by atoms with Crippen LogP contribution in [0.25, 0.3) is 0 Å². The van der Waals surface area contributed by atoms with Crippen LogP contribution in [0, 0.1) is 0 Å². The van der Waals surface area contributed by atoms with Crippen molar-refractivity contribution in [1.82, 2.24) is 10.2 Å². The van der Waals surface area contributed by atoms with Crippen LogP contribution in [0.3, 0.4) is 0 Å². The lowest BCUT2D eigenvalue weighted by Crippen LogP contribution is -2.41. The number of benzene rings is 1. The molecule has 2 rings (SSSR count). The van der Waals surface area contributed by atoms with Gasteiger partial charge in [-0.25, -0.2) is 0 Å². The largest absolute Gasteiger partial charge is 0.390 e. The van der Waals surface area contributed by atoms with E-state index in [0.717, 1.165) is 5.56 Å². The summed E-state index contributed by atoms with van der Waals surface area (Å²) in [7, 11) is 0. The maximum Gasteiger partial charge on any atom is 0.390 e. The average Bonchev–Trinajstić information content (AvgIpc) is 2.88. The second kappa shape index (κ2) is 7.11. The van der Waals surface area contributed by atoms with Crippen LogP contribution >= 0.6 is 0 Å². The van der Waals surface area contributed by atoms with E-state index in [1.807, 2.05) is 30.3 Å². The first-order chi connectivity index (χ1) is 10.4. The molecule has 1 aromatic carbocycles. The first-order valence-corrected chi connectivity index (χ1v) is 7.13. The van der Waals surface area contributed by atoms with E-state index in [0.29, 0.717) is 13.1 Å². The molecule has 1 fully saturated rings. The maximum atomic E-state index is 12.4. The maximum absolute atomic E-state index is 12.4. The van der Waals surface area contributed by atoms with Gasteiger partial charge in [-0.3, -0.25) is 4.79 Å². The molecule has 1 amide bonds. The monoisotopic (exact) mass is 316 g/mol. The molecule has 0 bridgehead atoms. The quantitative estimate of drug-likeness (QED) is 0.866. The Bertz CT molecular complexity index is 493. The van der Waals surface area contributed by atoms with Gasteiger partial charge in [-0.1, -0.05) is 30.3 Å². The van der Waals surface area contributed by atoms with Gasteiger partial charge in [-0.05, 0) is 5.56 Å². The molecule has 7 heteroatoms. The fourth-order valence-electron chi connectivity index (χ4n) is 2.79. The van der Waals surface area contributed by atoms with E-state index in [-0.39, 0.29) is 18.5 Å². The minimum atomic E-state index is -4.19. The minimum absolute atomic E-state index is 0.0788. The Kier molecular flexibility index (Phi) is 5.42.